The van der Waals surface area contributed by atoms with Crippen molar-refractivity contribution < 1.29 is 8.42 Å². The minimum Gasteiger partial charge on any atom is -0.362 e. The number of imidazole rings is 1. The summed E-state index contributed by atoms with van der Waals surface area (Å²) in [7, 11) is -3.39. The van der Waals surface area contributed by atoms with Crippen molar-refractivity contribution in [2.24, 2.45) is 0 Å². The Labute approximate surface area is 179 Å². The largest absolute Gasteiger partial charge is 0.362 e. The molecule has 1 N–H and O–H groups in total. The molecule has 0 radical (unpaired) electrons. The lowest BCUT2D eigenvalue weighted by Gasteiger charge is -2.31. The van der Waals surface area contributed by atoms with Gasteiger partial charge in [0, 0.05) is 41.7 Å². The zero-order valence-corrected chi connectivity index (χ0v) is 18.5. The van der Waals surface area contributed by atoms with Crippen LogP contribution in [0.4, 0.5) is 5.69 Å². The van der Waals surface area contributed by atoms with E-state index in [4.69, 9.17) is 0 Å². The number of fused-ring (bicyclic) bond motifs is 1. The highest BCUT2D eigenvalue weighted by Crippen LogP contribution is 2.32. The first-order valence-corrected chi connectivity index (χ1v) is 12.1. The van der Waals surface area contributed by atoms with E-state index in [1.807, 2.05) is 48.5 Å². The van der Waals surface area contributed by atoms with E-state index in [0.29, 0.717) is 26.1 Å². The van der Waals surface area contributed by atoms with Gasteiger partial charge in [0.1, 0.15) is 5.82 Å². The van der Waals surface area contributed by atoms with Gasteiger partial charge in [-0.1, -0.05) is 46.3 Å². The van der Waals surface area contributed by atoms with Crippen molar-refractivity contribution in [1.82, 2.24) is 14.3 Å². The topological polar surface area (TPSA) is 69.3 Å². The molecule has 29 heavy (non-hydrogen) atoms. The number of rotatable bonds is 5. The van der Waals surface area contributed by atoms with E-state index in [1.165, 1.54) is 6.26 Å². The second-order valence-corrected chi connectivity index (χ2v) is 10.2. The highest BCUT2D eigenvalue weighted by molar-refractivity contribution is 9.10. The maximum absolute atomic E-state index is 12.7. The molecule has 8 heteroatoms. The fourth-order valence-corrected chi connectivity index (χ4v) is 5.35. The van der Waals surface area contributed by atoms with Crippen LogP contribution in [0, 0.1) is 0 Å². The third-order valence-electron chi connectivity index (χ3n) is 5.18. The molecule has 2 aromatic carbocycles. The lowest BCUT2D eigenvalue weighted by Crippen LogP contribution is -2.45. The van der Waals surface area contributed by atoms with Crippen LogP contribution in [0.2, 0.25) is 0 Å². The number of benzene rings is 2. The number of aromatic nitrogens is 2. The lowest BCUT2D eigenvalue weighted by molar-refractivity contribution is 0.320. The molecule has 1 aliphatic rings. The summed E-state index contributed by atoms with van der Waals surface area (Å²) in [5.41, 5.74) is 3.14. The molecular weight excluding hydrogens is 452 g/mol. The predicted molar refractivity (Wildman–Crippen MR) is 118 cm³/mol. The first-order chi connectivity index (χ1) is 13.9. The molecule has 1 aliphatic heterocycles. The van der Waals surface area contributed by atoms with Crippen LogP contribution < -0.4 is 4.90 Å². The van der Waals surface area contributed by atoms with Gasteiger partial charge in [-0.3, -0.25) is 0 Å². The maximum atomic E-state index is 12.7. The number of hydrogen-bond donors (Lipinski definition) is 1. The van der Waals surface area contributed by atoms with Gasteiger partial charge in [0.2, 0.25) is 10.0 Å². The second-order valence-electron chi connectivity index (χ2n) is 7.34. The molecular formula is C21H23BrN4O2S. The van der Waals surface area contributed by atoms with Crippen molar-refractivity contribution in [2.45, 2.75) is 25.6 Å². The quantitative estimate of drug-likeness (QED) is 0.613. The summed E-state index contributed by atoms with van der Waals surface area (Å²) in [6.07, 6.45) is 5.49. The molecule has 0 fully saturated rings. The fraction of sp³-hybridized carbons (Fsp3) is 0.286. The minimum atomic E-state index is -3.39. The number of nitrogens with one attached hydrogen (secondary N) is 1. The Hall–Kier alpha value is -2.16. The van der Waals surface area contributed by atoms with Gasteiger partial charge in [-0.2, -0.15) is 4.31 Å². The van der Waals surface area contributed by atoms with Crippen molar-refractivity contribution in [3.63, 3.8) is 0 Å². The molecule has 4 rings (SSSR count). The summed E-state index contributed by atoms with van der Waals surface area (Å²) in [4.78, 5) is 9.75. The van der Waals surface area contributed by atoms with Gasteiger partial charge >= 0.3 is 0 Å². The number of halogens is 1. The monoisotopic (exact) mass is 474 g/mol. The van der Waals surface area contributed by atoms with Gasteiger partial charge in [0.25, 0.3) is 0 Å². The lowest BCUT2D eigenvalue weighted by atomic mass is 10.1. The molecule has 152 valence electrons. The summed E-state index contributed by atoms with van der Waals surface area (Å²) in [6.45, 7) is 1.52. The average molecular weight is 475 g/mol. The van der Waals surface area contributed by atoms with Gasteiger partial charge in [-0.15, -0.1) is 0 Å². The van der Waals surface area contributed by atoms with Gasteiger partial charge in [-0.25, -0.2) is 13.4 Å². The Kier molecular flexibility index (Phi) is 5.76. The maximum Gasteiger partial charge on any atom is 0.211 e. The molecule has 0 aliphatic carbocycles. The van der Waals surface area contributed by atoms with Crippen molar-refractivity contribution in [3.8, 4) is 0 Å². The van der Waals surface area contributed by atoms with E-state index in [0.717, 1.165) is 27.1 Å². The van der Waals surface area contributed by atoms with Crippen molar-refractivity contribution in [3.05, 3.63) is 82.3 Å². The number of hydrogen-bond acceptors (Lipinski definition) is 4. The zero-order valence-electron chi connectivity index (χ0n) is 16.1. The molecule has 2 heterocycles. The van der Waals surface area contributed by atoms with E-state index in [2.05, 4.69) is 30.8 Å². The number of anilines is 1. The van der Waals surface area contributed by atoms with Crippen molar-refractivity contribution in [2.75, 3.05) is 17.7 Å². The van der Waals surface area contributed by atoms with Crippen LogP contribution in [0.25, 0.3) is 0 Å². The van der Waals surface area contributed by atoms with Gasteiger partial charge in [-0.05, 0) is 35.7 Å². The van der Waals surface area contributed by atoms with Crippen LogP contribution in [-0.4, -0.2) is 41.5 Å². The van der Waals surface area contributed by atoms with Crippen LogP contribution in [0.3, 0.4) is 0 Å². The summed E-state index contributed by atoms with van der Waals surface area (Å²) in [5.74, 6) is 0.852. The fourth-order valence-electron chi connectivity index (χ4n) is 3.89. The van der Waals surface area contributed by atoms with Crippen molar-refractivity contribution in [1.29, 1.82) is 0 Å². The molecule has 1 aromatic heterocycles. The van der Waals surface area contributed by atoms with E-state index >= 15 is 0 Å². The van der Waals surface area contributed by atoms with Gasteiger partial charge < -0.3 is 9.88 Å². The van der Waals surface area contributed by atoms with Crippen molar-refractivity contribution >= 4 is 31.6 Å². The Morgan fingerprint density at radius 1 is 1.21 bits per heavy atom. The van der Waals surface area contributed by atoms with Crippen LogP contribution in [0.5, 0.6) is 0 Å². The zero-order chi connectivity index (χ0) is 20.4. The summed E-state index contributed by atoms with van der Waals surface area (Å²) >= 11 is 3.53. The Morgan fingerprint density at radius 2 is 2.00 bits per heavy atom. The summed E-state index contributed by atoms with van der Waals surface area (Å²) in [5, 5.41) is 0. The molecule has 0 spiro atoms. The molecule has 0 bridgehead atoms. The van der Waals surface area contributed by atoms with E-state index < -0.39 is 10.0 Å². The third-order valence-corrected chi connectivity index (χ3v) is 6.95. The standard InChI is InChI=1S/C21H23BrN4O2S/c1-29(27,28)26-13-17-12-18(22)7-8-20(17)25(15-21-23-9-10-24-21)14-19(26)11-16-5-3-2-4-6-16/h2-10,12,19H,11,13-15H2,1H3,(H,23,24)/t19-/m1/s1. The van der Waals surface area contributed by atoms with Crippen LogP contribution in [-0.2, 0) is 29.5 Å². The van der Waals surface area contributed by atoms with E-state index in [-0.39, 0.29) is 6.04 Å². The van der Waals surface area contributed by atoms with E-state index in [9.17, 15) is 8.42 Å². The highest BCUT2D eigenvalue weighted by atomic mass is 79.9. The minimum absolute atomic E-state index is 0.187. The smallest absolute Gasteiger partial charge is 0.211 e. The first kappa shape index (κ1) is 20.1. The Bertz CT molecular complexity index is 1070. The normalized spacial score (nSPS) is 17.7. The third kappa shape index (κ3) is 4.71. The summed E-state index contributed by atoms with van der Waals surface area (Å²) < 4.78 is 28.0. The number of aromatic amines is 1. The van der Waals surface area contributed by atoms with E-state index in [1.54, 1.807) is 16.7 Å². The Balaban J connectivity index is 1.75. The number of H-pyrrole nitrogens is 1. The highest BCUT2D eigenvalue weighted by Gasteiger charge is 2.33. The SMILES string of the molecule is CS(=O)(=O)N1Cc2cc(Br)ccc2N(Cc2ncc[nH]2)C[C@H]1Cc1ccccc1. The predicted octanol–water partition coefficient (Wildman–Crippen LogP) is 3.57. The first-order valence-electron chi connectivity index (χ1n) is 9.42. The van der Waals surface area contributed by atoms with Gasteiger partial charge in [0.15, 0.2) is 0 Å². The molecule has 0 unspecified atom stereocenters. The van der Waals surface area contributed by atoms with Gasteiger partial charge in [0.05, 0.1) is 12.8 Å². The molecule has 0 amide bonds. The van der Waals surface area contributed by atoms with Crippen LogP contribution >= 0.6 is 15.9 Å². The molecule has 3 aromatic rings. The number of sulfonamides is 1. The Morgan fingerprint density at radius 3 is 2.69 bits per heavy atom. The average Bonchev–Trinajstić information content (AvgIpc) is 3.13. The molecule has 0 saturated carbocycles. The molecule has 1 atom stereocenters. The van der Waals surface area contributed by atoms with Crippen LogP contribution in [0.1, 0.15) is 17.0 Å². The summed E-state index contributed by atoms with van der Waals surface area (Å²) in [6, 6.07) is 15.9. The molecule has 6 nitrogen and oxygen atoms in total. The molecule has 0 saturated heterocycles. The van der Waals surface area contributed by atoms with Crippen LogP contribution in [0.15, 0.2) is 65.4 Å². The second kappa shape index (κ2) is 8.30. The number of nitrogens with zero attached hydrogens (tertiary/aromatic N) is 3.